The lowest BCUT2D eigenvalue weighted by atomic mass is 10.0. The summed E-state index contributed by atoms with van der Waals surface area (Å²) in [5.41, 5.74) is 5.70. The van der Waals surface area contributed by atoms with Crippen LogP contribution in [-0.4, -0.2) is 18.2 Å². The smallest absolute Gasteiger partial charge is 0.303 e. The van der Waals surface area contributed by atoms with E-state index in [0.717, 1.165) is 7.11 Å². The monoisotopic (exact) mass is 323 g/mol. The van der Waals surface area contributed by atoms with Crippen molar-refractivity contribution in [2.75, 3.05) is 7.11 Å². The third-order valence-electron chi connectivity index (χ3n) is 2.42. The molecule has 0 aliphatic carbocycles. The van der Waals surface area contributed by atoms with Crippen molar-refractivity contribution in [2.45, 2.75) is 18.9 Å². The van der Waals surface area contributed by atoms with Crippen molar-refractivity contribution in [3.63, 3.8) is 0 Å². The number of hydrogen-bond acceptors (Lipinski definition) is 3. The standard InChI is InChI=1S/C11H12BrF2NO3/c1-18-11-9(13)5(4-6(12)10(11)14)7(15)2-3-8(16)17/h4,7H,2-3,15H2,1H3,(H,16,17). The lowest BCUT2D eigenvalue weighted by Gasteiger charge is -2.15. The van der Waals surface area contributed by atoms with Crippen LogP contribution in [0.4, 0.5) is 8.78 Å². The van der Waals surface area contributed by atoms with E-state index in [9.17, 15) is 13.6 Å². The molecule has 1 aromatic carbocycles. The Morgan fingerprint density at radius 2 is 2.17 bits per heavy atom. The van der Waals surface area contributed by atoms with Gasteiger partial charge in [0.05, 0.1) is 11.6 Å². The third kappa shape index (κ3) is 3.17. The number of aliphatic carboxylic acids is 1. The molecule has 0 aliphatic rings. The number of halogens is 3. The molecule has 0 aliphatic heterocycles. The van der Waals surface area contributed by atoms with Gasteiger partial charge in [0.15, 0.2) is 17.4 Å². The van der Waals surface area contributed by atoms with E-state index in [1.807, 2.05) is 0 Å². The van der Waals surface area contributed by atoms with Crippen LogP contribution in [0.3, 0.4) is 0 Å². The maximum atomic E-state index is 13.9. The molecule has 3 N–H and O–H groups in total. The Hall–Kier alpha value is -1.21. The molecule has 1 aromatic rings. The minimum absolute atomic E-state index is 0.0152. The predicted octanol–water partition coefficient (Wildman–Crippen LogP) is 2.60. The quantitative estimate of drug-likeness (QED) is 0.817. The van der Waals surface area contributed by atoms with Crippen molar-refractivity contribution in [3.05, 3.63) is 27.7 Å². The second kappa shape index (κ2) is 6.10. The molecular weight excluding hydrogens is 312 g/mol. The number of carboxylic acids is 1. The fraction of sp³-hybridized carbons (Fsp3) is 0.364. The summed E-state index contributed by atoms with van der Waals surface area (Å²) in [7, 11) is 1.14. The molecule has 100 valence electrons. The molecule has 0 saturated heterocycles. The van der Waals surface area contributed by atoms with E-state index in [2.05, 4.69) is 20.7 Å². The molecule has 18 heavy (non-hydrogen) atoms. The number of benzene rings is 1. The van der Waals surface area contributed by atoms with Crippen molar-refractivity contribution in [1.29, 1.82) is 0 Å². The number of ether oxygens (including phenoxy) is 1. The summed E-state index contributed by atoms with van der Waals surface area (Å²) in [6, 6.07) is 0.353. The Bertz CT molecular complexity index is 468. The van der Waals surface area contributed by atoms with Crippen LogP contribution >= 0.6 is 15.9 Å². The Labute approximate surface area is 111 Å². The molecule has 0 spiro atoms. The summed E-state index contributed by atoms with van der Waals surface area (Å²) in [5.74, 6) is -3.33. The summed E-state index contributed by atoms with van der Waals surface area (Å²) < 4.78 is 32.0. The third-order valence-corrected chi connectivity index (χ3v) is 2.99. The van der Waals surface area contributed by atoms with E-state index in [0.29, 0.717) is 0 Å². The van der Waals surface area contributed by atoms with Crippen molar-refractivity contribution in [1.82, 2.24) is 0 Å². The van der Waals surface area contributed by atoms with Crippen LogP contribution in [0.25, 0.3) is 0 Å². The zero-order valence-electron chi connectivity index (χ0n) is 9.54. The second-order valence-corrected chi connectivity index (χ2v) is 4.50. The van der Waals surface area contributed by atoms with Crippen LogP contribution in [0.5, 0.6) is 5.75 Å². The largest absolute Gasteiger partial charge is 0.491 e. The predicted molar refractivity (Wildman–Crippen MR) is 64.4 cm³/mol. The van der Waals surface area contributed by atoms with E-state index in [1.54, 1.807) is 0 Å². The number of nitrogens with two attached hydrogens (primary N) is 1. The highest BCUT2D eigenvalue weighted by Gasteiger charge is 2.22. The van der Waals surface area contributed by atoms with Gasteiger partial charge in [0.25, 0.3) is 0 Å². The molecule has 0 bridgehead atoms. The molecule has 1 unspecified atom stereocenters. The van der Waals surface area contributed by atoms with Crippen molar-refractivity contribution >= 4 is 21.9 Å². The van der Waals surface area contributed by atoms with Crippen LogP contribution < -0.4 is 10.5 Å². The Kier molecular flexibility index (Phi) is 5.03. The molecule has 1 atom stereocenters. The van der Waals surface area contributed by atoms with E-state index < -0.39 is 29.4 Å². The van der Waals surface area contributed by atoms with Gasteiger partial charge < -0.3 is 15.6 Å². The van der Waals surface area contributed by atoms with Gasteiger partial charge in [-0.1, -0.05) is 0 Å². The average molecular weight is 324 g/mol. The Morgan fingerprint density at radius 3 is 2.67 bits per heavy atom. The van der Waals surface area contributed by atoms with Crippen molar-refractivity contribution < 1.29 is 23.4 Å². The van der Waals surface area contributed by atoms with Crippen LogP contribution in [0.15, 0.2) is 10.5 Å². The summed E-state index contributed by atoms with van der Waals surface area (Å²) in [4.78, 5) is 10.4. The fourth-order valence-electron chi connectivity index (χ4n) is 1.48. The molecule has 0 amide bonds. The molecule has 4 nitrogen and oxygen atoms in total. The zero-order valence-corrected chi connectivity index (χ0v) is 11.1. The van der Waals surface area contributed by atoms with Gasteiger partial charge >= 0.3 is 5.97 Å². The molecule has 0 aromatic heterocycles. The van der Waals surface area contributed by atoms with Crippen molar-refractivity contribution in [2.24, 2.45) is 5.73 Å². The number of hydrogen-bond donors (Lipinski definition) is 2. The first-order valence-corrected chi connectivity index (χ1v) is 5.86. The molecule has 7 heteroatoms. The van der Waals surface area contributed by atoms with Gasteiger partial charge in [-0.2, -0.15) is 0 Å². The first-order valence-electron chi connectivity index (χ1n) is 5.07. The summed E-state index contributed by atoms with van der Waals surface area (Å²) in [5, 5.41) is 8.53. The molecule has 0 saturated carbocycles. The maximum absolute atomic E-state index is 13.9. The number of carboxylic acid groups (broad SMARTS) is 1. The van der Waals surface area contributed by atoms with Crippen molar-refractivity contribution in [3.8, 4) is 5.75 Å². The molecule has 0 radical (unpaired) electrons. The first-order chi connectivity index (χ1) is 8.38. The SMILES string of the molecule is COc1c(F)c(Br)cc(C(N)CCC(=O)O)c1F. The van der Waals surface area contributed by atoms with Gasteiger partial charge in [-0.15, -0.1) is 0 Å². The summed E-state index contributed by atoms with van der Waals surface area (Å²) in [6.45, 7) is 0. The van der Waals surface area contributed by atoms with E-state index in [-0.39, 0.29) is 22.9 Å². The average Bonchev–Trinajstić information content (AvgIpc) is 2.31. The summed E-state index contributed by atoms with van der Waals surface area (Å²) in [6.07, 6.45) is -0.147. The van der Waals surface area contributed by atoms with Crippen LogP contribution in [0.1, 0.15) is 24.4 Å². The van der Waals surface area contributed by atoms with E-state index in [1.165, 1.54) is 6.07 Å². The molecular formula is C11H12BrF2NO3. The van der Waals surface area contributed by atoms with Gasteiger partial charge in [-0.05, 0) is 28.4 Å². The lowest BCUT2D eigenvalue weighted by molar-refractivity contribution is -0.137. The fourth-order valence-corrected chi connectivity index (χ4v) is 1.91. The molecule has 1 rings (SSSR count). The highest BCUT2D eigenvalue weighted by molar-refractivity contribution is 9.10. The highest BCUT2D eigenvalue weighted by atomic mass is 79.9. The summed E-state index contributed by atoms with van der Waals surface area (Å²) >= 11 is 2.93. The van der Waals surface area contributed by atoms with Crippen LogP contribution in [-0.2, 0) is 4.79 Å². The lowest BCUT2D eigenvalue weighted by Crippen LogP contribution is -2.15. The van der Waals surface area contributed by atoms with Gasteiger partial charge in [0.1, 0.15) is 0 Å². The zero-order chi connectivity index (χ0) is 13.9. The minimum Gasteiger partial charge on any atom is -0.491 e. The topological polar surface area (TPSA) is 72.5 Å². The number of rotatable bonds is 5. The Balaban J connectivity index is 3.09. The molecule has 0 fully saturated rings. The number of carbonyl (C=O) groups is 1. The normalized spacial score (nSPS) is 12.3. The minimum atomic E-state index is -1.03. The van der Waals surface area contributed by atoms with Gasteiger partial charge in [-0.25, -0.2) is 8.78 Å². The van der Waals surface area contributed by atoms with E-state index in [4.69, 9.17) is 10.8 Å². The van der Waals surface area contributed by atoms with Gasteiger partial charge in [0.2, 0.25) is 0 Å². The van der Waals surface area contributed by atoms with Crippen LogP contribution in [0.2, 0.25) is 0 Å². The maximum Gasteiger partial charge on any atom is 0.303 e. The van der Waals surface area contributed by atoms with Gasteiger partial charge in [-0.3, -0.25) is 4.79 Å². The molecule has 0 heterocycles. The Morgan fingerprint density at radius 1 is 1.56 bits per heavy atom. The van der Waals surface area contributed by atoms with Crippen LogP contribution in [0, 0.1) is 11.6 Å². The first kappa shape index (κ1) is 14.8. The highest BCUT2D eigenvalue weighted by Crippen LogP contribution is 2.34. The van der Waals surface area contributed by atoms with Gasteiger partial charge in [0, 0.05) is 18.0 Å². The second-order valence-electron chi connectivity index (χ2n) is 3.65. The number of methoxy groups -OCH3 is 1. The van der Waals surface area contributed by atoms with E-state index >= 15 is 0 Å².